The van der Waals surface area contributed by atoms with Gasteiger partial charge in [0.25, 0.3) is 26.9 Å². The van der Waals surface area contributed by atoms with Gasteiger partial charge < -0.3 is 110 Å². The average Bonchev–Trinajstić information content (AvgIpc) is 1.66. The Labute approximate surface area is 788 Å². The Morgan fingerprint density at radius 2 is 0.824 bits per heavy atom. The van der Waals surface area contributed by atoms with Crippen LogP contribution in [0.25, 0.3) is 72.6 Å². The van der Waals surface area contributed by atoms with Crippen LogP contribution in [0.3, 0.4) is 0 Å². The molecule has 8 fully saturated rings. The fourth-order valence-electron chi connectivity index (χ4n) is 18.3. The van der Waals surface area contributed by atoms with E-state index in [0.29, 0.717) is 11.2 Å². The summed E-state index contributed by atoms with van der Waals surface area (Å²) in [5.41, 5.74) is 10.5. The number of anilines is 3. The Hall–Kier alpha value is -11.4. The number of ether oxygens (including phenoxy) is 7. The predicted molar refractivity (Wildman–Crippen MR) is 467 cm³/mol. The molecule has 9 aliphatic heterocycles. The second-order valence-electron chi connectivity index (χ2n) is 33.6. The first-order valence-electron chi connectivity index (χ1n) is 42.9. The Kier molecular flexibility index (Phi) is 25.0. The number of H-pyrrole nitrogens is 3. The summed E-state index contributed by atoms with van der Waals surface area (Å²) in [6, 6.07) is -2.58. The lowest BCUT2D eigenvalue weighted by Gasteiger charge is -2.27. The molecule has 142 heavy (non-hydrogen) atoms. The van der Waals surface area contributed by atoms with E-state index in [-0.39, 0.29) is 121 Å². The number of nitrogens with two attached hydrogens (primary N) is 2. The molecule has 70 heteroatoms. The number of imidazole rings is 7. The largest absolute Gasteiger partial charge is 0.472 e. The van der Waals surface area contributed by atoms with Crippen LogP contribution in [0.4, 0.5) is 17.3 Å². The molecule has 756 valence electrons. The van der Waals surface area contributed by atoms with Gasteiger partial charge in [-0.1, -0.05) is 0 Å². The van der Waals surface area contributed by atoms with Gasteiger partial charge in [-0.3, -0.25) is 92.0 Å². The number of aromatic amines is 3. The van der Waals surface area contributed by atoms with Gasteiger partial charge in [-0.25, -0.2) is 93.0 Å². The van der Waals surface area contributed by atoms with Crippen molar-refractivity contribution in [1.82, 2.24) is 131 Å². The van der Waals surface area contributed by atoms with Crippen LogP contribution in [-0.2, 0) is 104 Å². The lowest BCUT2D eigenvalue weighted by Crippen LogP contribution is -2.52. The van der Waals surface area contributed by atoms with Crippen molar-refractivity contribution in [1.29, 1.82) is 0 Å². The summed E-state index contributed by atoms with van der Waals surface area (Å²) in [6.07, 6.45) is -16.2. The molecule has 8 saturated heterocycles. The Morgan fingerprint density at radius 1 is 0.430 bits per heavy atom. The van der Waals surface area contributed by atoms with Crippen LogP contribution >= 0.6 is 31.3 Å². The number of hydrogen-bond acceptors (Lipinski definition) is 49. The number of nitrogens with one attached hydrogen (secondary N) is 6. The molecule has 0 saturated carbocycles. The number of phosphoric ester groups is 4. The summed E-state index contributed by atoms with van der Waals surface area (Å²) >= 11 is 0. The highest BCUT2D eigenvalue weighted by molar-refractivity contribution is 7.87. The third kappa shape index (κ3) is 17.6. The highest BCUT2D eigenvalue weighted by Gasteiger charge is 2.59. The van der Waals surface area contributed by atoms with Crippen molar-refractivity contribution in [2.24, 2.45) is 0 Å². The van der Waals surface area contributed by atoms with Gasteiger partial charge in [0.05, 0.1) is 82.2 Å². The minimum Gasteiger partial charge on any atom is -0.388 e. The van der Waals surface area contributed by atoms with Crippen LogP contribution < -0.4 is 53.8 Å². The summed E-state index contributed by atoms with van der Waals surface area (Å²) in [6.45, 7) is 2.93. The first kappa shape index (κ1) is 96.7. The molecule has 1 aromatic carbocycles. The monoisotopic (exact) mass is 2080 g/mol. The number of aliphatic hydroxyl groups is 5. The smallest absolute Gasteiger partial charge is 0.388 e. The topological polar surface area (TPSA) is 871 Å². The third-order valence-electron chi connectivity index (χ3n) is 24.7. The zero-order valence-electron chi connectivity index (χ0n) is 73.2. The number of aromatic nitrogens is 25. The van der Waals surface area contributed by atoms with Crippen LogP contribution in [0.1, 0.15) is 73.7 Å². The molecule has 28 atom stereocenters. The zero-order valence-corrected chi connectivity index (χ0v) is 77.6. The second kappa shape index (κ2) is 36.7. The maximum atomic E-state index is 13.5. The quantitative estimate of drug-likeness (QED) is 0.0499. The number of hydrogen-bond donors (Lipinski definition) is 17. The zero-order chi connectivity index (χ0) is 99.7. The van der Waals surface area contributed by atoms with Gasteiger partial charge in [-0.05, 0) is 40.5 Å². The van der Waals surface area contributed by atoms with E-state index in [1.54, 1.807) is 37.6 Å². The highest BCUT2D eigenvalue weighted by atomic mass is 32.2. The molecule has 14 aromatic rings. The molecule has 65 nitrogen and oxygen atoms in total. The van der Waals surface area contributed by atoms with Gasteiger partial charge in [0, 0.05) is 31.1 Å². The lowest BCUT2D eigenvalue weighted by molar-refractivity contribution is -0.0677. The van der Waals surface area contributed by atoms with Gasteiger partial charge in [-0.15, -0.1) is 0 Å². The standard InChI is InChI=1S/C26H27N10O11P.C25H29N9O13P2.C21H26N11O11PS/c1-8-32-23-15(24(41)33-8)31-7-36(23)25-13-17(38)11(46-25)4-44-48(42,43)47-20-10(3-2-9-12(34-13)18(39)16(9)37)45-26(19(20)40)35-6-30-14-21(27)28-5-29-22(14)35;1-3-41-18-13-7-43-48(37,38)46-17-12(44-24(16(17)35)33-9-27-14-20-26-4-5-32(20)8-29-21(14)33)6-42-49(39,40)47-19(18)25(45-13)34-10-28-15-22(34)30-11(2)31-23(15)36;1-7-28-18-12(19(35)29-7)26-6-32(18)20-10-13(33)9(42-20)3-40-44(36,37)43-15-8(2-27-45(38,39)30-10)41-21(14(15)34)31-5-25-11-16(22)23-4-24-17(11)31/h5-7,10-11,13,17,19-20,25-26,34,38,40H,2-4H2,1H3,(H,42,43)(H2,27,28,29)(H,32,33,41);4-5,8-10,12-13,16-19,24-25,35H,3,6-7H2,1-2H3,(H,37,38)(H,39,40)(H,30,31,36);4-6,8-10,13-15,20-21,27,30,33-34H,2-3H2,1H3,(H,36,37)(H2,22,23,24)(H,28,29,35)/t10-,11-,13+,17?,19?,20+,25-,26-;12-,13-,16?,17+,18?,19+,24-,25-;8-,9-,10+,13?,14?,15+,20-,21-/m111/s1. The molecule has 22 heterocycles. The number of nitrogens with zero attached hydrogens (tertiary/aromatic N) is 22. The fourth-order valence-corrected chi connectivity index (χ4v) is 23.2. The first-order chi connectivity index (χ1) is 67.7. The molecule has 6 bridgehead atoms. The molecule has 10 unspecified atom stereocenters. The van der Waals surface area contributed by atoms with Crippen LogP contribution in [-0.4, -0.2) is 324 Å². The molecule has 9 aliphatic rings. The Balaban J connectivity index is 0.000000126. The first-order valence-corrected chi connectivity index (χ1v) is 50.4. The van der Waals surface area contributed by atoms with Gasteiger partial charge in [0.15, 0.2) is 111 Å². The van der Waals surface area contributed by atoms with E-state index in [4.69, 9.17) is 80.8 Å². The molecule has 0 spiro atoms. The summed E-state index contributed by atoms with van der Waals surface area (Å²) in [5.74, 6) is 0.897. The van der Waals surface area contributed by atoms with Gasteiger partial charge in [-0.2, -0.15) is 17.9 Å². The van der Waals surface area contributed by atoms with Crippen molar-refractivity contribution in [2.75, 3.05) is 56.4 Å². The van der Waals surface area contributed by atoms with Crippen LogP contribution in [0.15, 0.2) is 93.3 Å². The van der Waals surface area contributed by atoms with Gasteiger partial charge in [0.1, 0.15) is 145 Å². The number of aliphatic hydroxyl groups excluding tert-OH is 5. The molecule has 0 amide bonds. The minimum absolute atomic E-state index is 0.0193. The fraction of sp³-hybridized carbons (Fsp3) is 0.500. The van der Waals surface area contributed by atoms with E-state index in [1.807, 2.05) is 0 Å². The maximum absolute atomic E-state index is 13.5. The van der Waals surface area contributed by atoms with E-state index < -0.39 is 249 Å². The average molecular weight is 2080 g/mol. The van der Waals surface area contributed by atoms with Crippen molar-refractivity contribution >= 4 is 131 Å². The van der Waals surface area contributed by atoms with Gasteiger partial charge >= 0.3 is 31.3 Å². The van der Waals surface area contributed by atoms with Crippen molar-refractivity contribution in [2.45, 2.75) is 188 Å². The Morgan fingerprint density at radius 3 is 1.32 bits per heavy atom. The molecule has 0 radical (unpaired) electrons. The second-order valence-corrected chi connectivity index (χ2v) is 40.8. The normalized spacial score (nSPS) is 34.7. The molecular weight excluding hydrogens is 2000 g/mol. The van der Waals surface area contributed by atoms with E-state index in [9.17, 15) is 95.8 Å². The molecule has 19 N–H and O–H groups in total. The van der Waals surface area contributed by atoms with Crippen LogP contribution in [0, 0.1) is 20.8 Å². The highest BCUT2D eigenvalue weighted by Crippen LogP contribution is 2.57. The summed E-state index contributed by atoms with van der Waals surface area (Å²) < 4.78 is 179. The minimum atomic E-state index is -5.03. The predicted octanol–water partition coefficient (Wildman–Crippen LogP) is -5.33. The molecule has 0 aliphatic carbocycles. The molecular formula is C72H82N30O35P4S. The van der Waals surface area contributed by atoms with E-state index in [2.05, 4.69) is 104 Å². The van der Waals surface area contributed by atoms with E-state index >= 15 is 0 Å². The van der Waals surface area contributed by atoms with Crippen LogP contribution in [0.5, 0.6) is 0 Å². The summed E-state index contributed by atoms with van der Waals surface area (Å²) in [4.78, 5) is 176. The van der Waals surface area contributed by atoms with Crippen molar-refractivity contribution in [3.05, 3.63) is 144 Å². The third-order valence-corrected chi connectivity index (χ3v) is 29.8. The SMILES string of the molecule is CCOC1[C@H]2COP(=O)(O)O[C@@H]3C(O)[C@H](n4cnc5c4ncn4ccnc54)O[C@@H]3COP(=O)(O)O[C@@H]1[C@H](n1cnc3c(=O)[nH]c(C)nc31)O2.Cc1nc2c(ncn2[C@@H]2O[C@@H]3COP(=O)(O)O[C@@H]4C(O)[C@H](n5cnc6c(N)ncnc65)O[C@@H]4CCc4c(c(=O)c4=O)N[C@H]2C3O)c(=O)[nH]1.Cc1nc2c(ncn2[C@@H]2O[C@@H]3COP(=O)(O)O[C@@H]4C(O)[C@H](n5cnc6c(N)ncnc65)O[C@@H]4CNS(=O)(=O)N[C@H]2C3O)c(=O)[nH]1. The number of rotatable bonds is 8. The maximum Gasteiger partial charge on any atom is 0.472 e. The van der Waals surface area contributed by atoms with Crippen molar-refractivity contribution < 1.29 is 141 Å². The van der Waals surface area contributed by atoms with Crippen molar-refractivity contribution in [3.63, 3.8) is 0 Å². The van der Waals surface area contributed by atoms with E-state index in [0.717, 1.165) is 6.33 Å². The molecule has 13 aromatic heterocycles. The Bertz CT molecular complexity index is 7910. The summed E-state index contributed by atoms with van der Waals surface area (Å²) in [7, 11) is -24.5. The van der Waals surface area contributed by atoms with Gasteiger partial charge in [0.2, 0.25) is 10.9 Å². The lowest BCUT2D eigenvalue weighted by atomic mass is 9.96. The number of nitrogen functional groups attached to an aromatic ring is 2. The summed E-state index contributed by atoms with van der Waals surface area (Å²) in [5, 5.41) is 59.2. The number of fused-ring (bicyclic) bond motifs is 18. The molecule has 23 rings (SSSR count). The number of phosphoric acid groups is 4. The van der Waals surface area contributed by atoms with Crippen molar-refractivity contribution in [3.8, 4) is 0 Å². The van der Waals surface area contributed by atoms with Crippen LogP contribution in [0.2, 0.25) is 0 Å². The number of aryl methyl sites for hydroxylation is 3. The van der Waals surface area contributed by atoms with E-state index in [1.165, 1.54) is 84.9 Å².